The van der Waals surface area contributed by atoms with Gasteiger partial charge in [-0.1, -0.05) is 64.5 Å². The van der Waals surface area contributed by atoms with E-state index in [1.807, 2.05) is 84.9 Å². The van der Waals surface area contributed by atoms with Crippen molar-refractivity contribution in [3.05, 3.63) is 136 Å². The Kier molecular flexibility index (Phi) is 8.79. The first kappa shape index (κ1) is 27.0. The summed E-state index contributed by atoms with van der Waals surface area (Å²) < 4.78 is 2.63. The lowest BCUT2D eigenvalue weighted by molar-refractivity contribution is -0.113. The molecule has 0 fully saturated rings. The molecule has 4 aromatic carbocycles. The highest BCUT2D eigenvalue weighted by Gasteiger charge is 2.15. The minimum atomic E-state index is -0.436. The van der Waals surface area contributed by atoms with Crippen LogP contribution in [0.1, 0.15) is 21.7 Å². The summed E-state index contributed by atoms with van der Waals surface area (Å²) in [5, 5.41) is 17.7. The Morgan fingerprint density at radius 3 is 2.23 bits per heavy atom. The number of para-hydroxylation sites is 1. The predicted octanol–water partition coefficient (Wildman–Crippen LogP) is 6.13. The number of anilines is 1. The van der Waals surface area contributed by atoms with Crippen LogP contribution in [0, 0.1) is 0 Å². The first-order chi connectivity index (χ1) is 19.5. The number of halogens is 1. The molecule has 1 heterocycles. The third kappa shape index (κ3) is 7.10. The monoisotopic (exact) mass is 610 g/mol. The first-order valence-electron chi connectivity index (χ1n) is 12.3. The molecular formula is C30H23BrN6O2S. The molecule has 0 saturated heterocycles. The molecule has 0 atom stereocenters. The number of carbonyl (C=O) groups is 2. The van der Waals surface area contributed by atoms with Crippen molar-refractivity contribution in [1.82, 2.24) is 25.5 Å². The van der Waals surface area contributed by atoms with Gasteiger partial charge in [-0.15, -0.1) is 16.9 Å². The number of thioether (sulfide) groups is 1. The van der Waals surface area contributed by atoms with Crippen LogP contribution in [0.2, 0.25) is 0 Å². The fourth-order valence-corrected chi connectivity index (χ4v) is 4.78. The van der Waals surface area contributed by atoms with Crippen LogP contribution in [-0.2, 0) is 10.5 Å². The zero-order valence-electron chi connectivity index (χ0n) is 21.1. The van der Waals surface area contributed by atoms with Crippen LogP contribution in [0.5, 0.6) is 0 Å². The van der Waals surface area contributed by atoms with Crippen LogP contribution in [-0.4, -0.2) is 32.0 Å². The van der Waals surface area contributed by atoms with Crippen molar-refractivity contribution in [3.63, 3.8) is 0 Å². The summed E-state index contributed by atoms with van der Waals surface area (Å²) in [6.07, 6.45) is 1.64. The molecule has 8 nitrogen and oxygen atoms in total. The highest BCUT2D eigenvalue weighted by atomic mass is 79.9. The van der Waals surface area contributed by atoms with Crippen molar-refractivity contribution < 1.29 is 9.59 Å². The maximum atomic E-state index is 13.3. The highest BCUT2D eigenvalue weighted by molar-refractivity contribution is 9.10. The molecule has 2 N–H and O–H groups in total. The first-order valence-corrected chi connectivity index (χ1v) is 14.0. The minimum absolute atomic E-state index is 0.127. The van der Waals surface area contributed by atoms with Crippen LogP contribution < -0.4 is 10.6 Å². The molecule has 0 unspecified atom stereocenters. The summed E-state index contributed by atoms with van der Waals surface area (Å²) in [4.78, 5) is 27.1. The topological polar surface area (TPSA) is 102 Å². The van der Waals surface area contributed by atoms with Gasteiger partial charge in [-0.3, -0.25) is 9.59 Å². The average Bonchev–Trinajstić information content (AvgIpc) is 3.47. The van der Waals surface area contributed by atoms with Gasteiger partial charge in [0.2, 0.25) is 0 Å². The van der Waals surface area contributed by atoms with Gasteiger partial charge < -0.3 is 10.6 Å². The average molecular weight is 612 g/mol. The van der Waals surface area contributed by atoms with Gasteiger partial charge in [-0.25, -0.2) is 0 Å². The van der Waals surface area contributed by atoms with E-state index in [0.717, 1.165) is 26.4 Å². The Morgan fingerprint density at radius 1 is 0.850 bits per heavy atom. The molecule has 5 aromatic rings. The minimum Gasteiger partial charge on any atom is -0.321 e. The van der Waals surface area contributed by atoms with Gasteiger partial charge in [0.25, 0.3) is 11.8 Å². The van der Waals surface area contributed by atoms with Gasteiger partial charge in [0.1, 0.15) is 5.70 Å². The lowest BCUT2D eigenvalue weighted by atomic mass is 10.1. The van der Waals surface area contributed by atoms with Gasteiger partial charge in [0.15, 0.2) is 5.82 Å². The third-order valence-electron chi connectivity index (χ3n) is 5.72. The fourth-order valence-electron chi connectivity index (χ4n) is 3.71. The molecule has 198 valence electrons. The molecule has 0 spiro atoms. The number of rotatable bonds is 9. The second kappa shape index (κ2) is 13.0. The Labute approximate surface area is 243 Å². The van der Waals surface area contributed by atoms with E-state index < -0.39 is 5.91 Å². The molecule has 40 heavy (non-hydrogen) atoms. The summed E-state index contributed by atoms with van der Waals surface area (Å²) in [6, 6.07) is 33.4. The predicted molar refractivity (Wildman–Crippen MR) is 160 cm³/mol. The number of nitrogens with one attached hydrogen (secondary N) is 2. The summed E-state index contributed by atoms with van der Waals surface area (Å²) >= 11 is 5.00. The lowest BCUT2D eigenvalue weighted by Gasteiger charge is -2.12. The molecule has 2 amide bonds. The number of carbonyl (C=O) groups excluding carboxylic acids is 2. The number of nitrogens with zero attached hydrogens (tertiary/aromatic N) is 4. The number of tetrazole rings is 1. The molecule has 0 bridgehead atoms. The summed E-state index contributed by atoms with van der Waals surface area (Å²) in [5.41, 5.74) is 2.84. The van der Waals surface area contributed by atoms with E-state index in [4.69, 9.17) is 0 Å². The Bertz CT molecular complexity index is 1620. The zero-order valence-corrected chi connectivity index (χ0v) is 23.5. The van der Waals surface area contributed by atoms with Crippen LogP contribution in [0.25, 0.3) is 11.8 Å². The van der Waals surface area contributed by atoms with Crippen molar-refractivity contribution in [2.45, 2.75) is 10.6 Å². The molecule has 0 radical (unpaired) electrons. The number of benzene rings is 4. The maximum Gasteiger partial charge on any atom is 0.272 e. The number of hydrogen-bond donors (Lipinski definition) is 2. The molecule has 0 aliphatic carbocycles. The Hall–Kier alpha value is -4.54. The largest absolute Gasteiger partial charge is 0.321 e. The number of hydrogen-bond acceptors (Lipinski definition) is 6. The summed E-state index contributed by atoms with van der Waals surface area (Å²) in [5.74, 6) is 0.489. The Balaban J connectivity index is 1.26. The van der Waals surface area contributed by atoms with Gasteiger partial charge in [-0.2, -0.15) is 4.68 Å². The van der Waals surface area contributed by atoms with E-state index in [1.165, 1.54) is 0 Å². The fraction of sp³-hybridized carbons (Fsp3) is 0.0333. The van der Waals surface area contributed by atoms with E-state index in [-0.39, 0.29) is 11.6 Å². The highest BCUT2D eigenvalue weighted by Crippen LogP contribution is 2.24. The third-order valence-corrected chi connectivity index (χ3v) is 7.26. The van der Waals surface area contributed by atoms with Crippen LogP contribution in [0.4, 0.5) is 5.69 Å². The molecule has 1 aromatic heterocycles. The second-order valence-corrected chi connectivity index (χ2v) is 10.5. The van der Waals surface area contributed by atoms with Gasteiger partial charge in [-0.05, 0) is 82.7 Å². The van der Waals surface area contributed by atoms with Crippen molar-refractivity contribution in [1.29, 1.82) is 0 Å². The van der Waals surface area contributed by atoms with Gasteiger partial charge in [0, 0.05) is 20.6 Å². The summed E-state index contributed by atoms with van der Waals surface area (Å²) in [6.45, 7) is 0. The smallest absolute Gasteiger partial charge is 0.272 e. The van der Waals surface area contributed by atoms with Gasteiger partial charge >= 0.3 is 0 Å². The zero-order chi connectivity index (χ0) is 27.7. The number of amides is 2. The van der Waals surface area contributed by atoms with Crippen molar-refractivity contribution in [2.75, 3.05) is 5.32 Å². The summed E-state index contributed by atoms with van der Waals surface area (Å²) in [7, 11) is 0. The van der Waals surface area contributed by atoms with Crippen LogP contribution >= 0.6 is 27.7 Å². The van der Waals surface area contributed by atoms with E-state index >= 15 is 0 Å². The van der Waals surface area contributed by atoms with Crippen LogP contribution in [0.3, 0.4) is 0 Å². The molecular weight excluding hydrogens is 588 g/mol. The van der Waals surface area contributed by atoms with Crippen LogP contribution in [0.15, 0.2) is 124 Å². The van der Waals surface area contributed by atoms with E-state index in [1.54, 1.807) is 46.8 Å². The SMILES string of the molecule is O=C(Nc1ccc(SCc2nnnn2-c2ccccc2)cc1)/C(=C/c1ccc(Br)cc1)NC(=O)c1ccccc1. The van der Waals surface area contributed by atoms with Crippen molar-refractivity contribution in [2.24, 2.45) is 0 Å². The lowest BCUT2D eigenvalue weighted by Crippen LogP contribution is -2.30. The van der Waals surface area contributed by atoms with E-state index in [2.05, 4.69) is 42.1 Å². The van der Waals surface area contributed by atoms with Crippen molar-refractivity contribution in [3.8, 4) is 5.69 Å². The quantitative estimate of drug-likeness (QED) is 0.154. The number of aromatic nitrogens is 4. The van der Waals surface area contributed by atoms with Crippen molar-refractivity contribution >= 4 is 51.3 Å². The normalized spacial score (nSPS) is 11.2. The molecule has 0 aliphatic rings. The van der Waals surface area contributed by atoms with E-state index in [9.17, 15) is 9.59 Å². The molecule has 5 rings (SSSR count). The Morgan fingerprint density at radius 2 is 1.52 bits per heavy atom. The second-order valence-electron chi connectivity index (χ2n) is 8.54. The van der Waals surface area contributed by atoms with E-state index in [0.29, 0.717) is 17.0 Å². The molecule has 0 saturated carbocycles. The maximum absolute atomic E-state index is 13.3. The van der Waals surface area contributed by atoms with Gasteiger partial charge in [0.05, 0.1) is 11.4 Å². The molecule has 10 heteroatoms. The standard InChI is InChI=1S/C30H23BrN6O2S/c31-23-13-11-21(12-14-23)19-27(33-29(38)22-7-3-1-4-8-22)30(39)32-24-15-17-26(18-16-24)40-20-28-34-35-36-37(28)25-9-5-2-6-10-25/h1-19H,20H2,(H,32,39)(H,33,38)/b27-19-. The molecule has 0 aliphatic heterocycles.